The van der Waals surface area contributed by atoms with Crippen molar-refractivity contribution in [2.24, 2.45) is 5.92 Å². The van der Waals surface area contributed by atoms with Gasteiger partial charge in [0.2, 0.25) is 11.9 Å². The zero-order valence-electron chi connectivity index (χ0n) is 22.6. The van der Waals surface area contributed by atoms with Crippen molar-refractivity contribution in [2.75, 3.05) is 58.9 Å². The van der Waals surface area contributed by atoms with E-state index in [4.69, 9.17) is 30.8 Å². The molecule has 0 saturated carbocycles. The molecule has 2 aliphatic rings. The summed E-state index contributed by atoms with van der Waals surface area (Å²) >= 11 is 6.67. The number of anilines is 1. The molecule has 2 aromatic heterocycles. The largest absolute Gasteiger partial charge is 0.497 e. The number of ether oxygens (including phenoxy) is 3. The van der Waals surface area contributed by atoms with Crippen LogP contribution < -0.4 is 25.7 Å². The fraction of sp³-hybridized carbons (Fsp3) is 0.429. The van der Waals surface area contributed by atoms with Gasteiger partial charge in [0, 0.05) is 80.1 Å². The Kier molecular flexibility index (Phi) is 8.53. The monoisotopic (exact) mass is 568 g/mol. The van der Waals surface area contributed by atoms with E-state index in [-0.39, 0.29) is 17.5 Å². The molecule has 2 saturated heterocycles. The van der Waals surface area contributed by atoms with Crippen LogP contribution >= 0.6 is 11.6 Å². The van der Waals surface area contributed by atoms with Gasteiger partial charge in [0.25, 0.3) is 5.56 Å². The molecule has 1 atom stereocenters. The van der Waals surface area contributed by atoms with Crippen LogP contribution in [0.25, 0.3) is 22.2 Å². The molecule has 0 radical (unpaired) electrons. The number of aromatic nitrogens is 3. The third-order valence-electron chi connectivity index (χ3n) is 7.29. The fourth-order valence-electron chi connectivity index (χ4n) is 4.96. The summed E-state index contributed by atoms with van der Waals surface area (Å²) < 4.78 is 18.0. The standard InChI is InChI=1S/C28H33ClN6O5/c1-4-24(36)34-14-19(15-34)30-6-7-35-26-18(13-32-28(33-26)31-12-17-5-8-40-16-17)9-22(27(35)37)21-10-20(38-2)11-23(39-3)25(21)29/h4,9-11,13,17,19,30H,1,5-8,12,14-16H2,2-3H3,(H,31,32,33). The number of nitrogens with zero attached hydrogens (tertiary/aromatic N) is 4. The number of carbonyl (C=O) groups is 1. The van der Waals surface area contributed by atoms with E-state index in [9.17, 15) is 9.59 Å². The molecule has 12 heteroatoms. The number of likely N-dealkylation sites (tertiary alicyclic amines) is 1. The first kappa shape index (κ1) is 27.9. The molecule has 4 heterocycles. The smallest absolute Gasteiger partial charge is 0.260 e. The average molecular weight is 569 g/mol. The van der Waals surface area contributed by atoms with Gasteiger partial charge in [-0.3, -0.25) is 14.2 Å². The van der Waals surface area contributed by atoms with Crippen molar-refractivity contribution in [3.8, 4) is 22.6 Å². The number of carbonyl (C=O) groups excluding carboxylic acids is 1. The van der Waals surface area contributed by atoms with Crippen LogP contribution in [0.2, 0.25) is 5.02 Å². The van der Waals surface area contributed by atoms with E-state index in [0.29, 0.717) is 89.9 Å². The number of amides is 1. The second kappa shape index (κ2) is 12.2. The highest BCUT2D eigenvalue weighted by atomic mass is 35.5. The number of nitrogens with one attached hydrogen (secondary N) is 2. The molecule has 40 heavy (non-hydrogen) atoms. The highest BCUT2D eigenvalue weighted by molar-refractivity contribution is 6.35. The summed E-state index contributed by atoms with van der Waals surface area (Å²) in [6, 6.07) is 5.29. The summed E-state index contributed by atoms with van der Waals surface area (Å²) in [6.45, 7) is 7.74. The molecule has 11 nitrogen and oxygen atoms in total. The average Bonchev–Trinajstić information content (AvgIpc) is 3.47. The molecule has 1 amide bonds. The first-order valence-corrected chi connectivity index (χ1v) is 13.6. The maximum atomic E-state index is 14.0. The lowest BCUT2D eigenvalue weighted by molar-refractivity contribution is -0.130. The molecule has 2 aliphatic heterocycles. The Balaban J connectivity index is 1.47. The molecule has 2 fully saturated rings. The number of hydrogen-bond donors (Lipinski definition) is 2. The van der Waals surface area contributed by atoms with Crippen molar-refractivity contribution in [3.63, 3.8) is 0 Å². The van der Waals surface area contributed by atoms with Crippen LogP contribution in [-0.4, -0.2) is 85.0 Å². The third-order valence-corrected chi connectivity index (χ3v) is 7.68. The predicted octanol–water partition coefficient (Wildman–Crippen LogP) is 2.56. The van der Waals surface area contributed by atoms with Crippen LogP contribution in [0, 0.1) is 5.92 Å². The number of benzene rings is 1. The van der Waals surface area contributed by atoms with E-state index in [2.05, 4.69) is 22.2 Å². The van der Waals surface area contributed by atoms with Crippen molar-refractivity contribution in [3.05, 3.63) is 52.4 Å². The van der Waals surface area contributed by atoms with E-state index < -0.39 is 0 Å². The number of halogens is 1. The number of pyridine rings is 1. The summed E-state index contributed by atoms with van der Waals surface area (Å²) in [6.07, 6.45) is 4.01. The van der Waals surface area contributed by atoms with Crippen molar-refractivity contribution >= 4 is 34.5 Å². The highest BCUT2D eigenvalue weighted by Gasteiger charge is 2.28. The van der Waals surface area contributed by atoms with Gasteiger partial charge in [-0.2, -0.15) is 4.98 Å². The Morgan fingerprint density at radius 2 is 2.08 bits per heavy atom. The number of hydrogen-bond acceptors (Lipinski definition) is 9. The first-order valence-electron chi connectivity index (χ1n) is 13.2. The summed E-state index contributed by atoms with van der Waals surface area (Å²) in [4.78, 5) is 36.7. The van der Waals surface area contributed by atoms with Crippen molar-refractivity contribution in [2.45, 2.75) is 19.0 Å². The lowest BCUT2D eigenvalue weighted by Gasteiger charge is -2.39. The van der Waals surface area contributed by atoms with Gasteiger partial charge < -0.3 is 29.7 Å². The van der Waals surface area contributed by atoms with Gasteiger partial charge in [-0.1, -0.05) is 18.2 Å². The summed E-state index contributed by atoms with van der Waals surface area (Å²) in [7, 11) is 3.06. The Hall–Kier alpha value is -3.67. The zero-order chi connectivity index (χ0) is 28.2. The second-order valence-corrected chi connectivity index (χ2v) is 10.3. The van der Waals surface area contributed by atoms with Crippen LogP contribution in [0.5, 0.6) is 11.5 Å². The number of methoxy groups -OCH3 is 2. The van der Waals surface area contributed by atoms with Gasteiger partial charge in [0.05, 0.1) is 25.8 Å². The summed E-state index contributed by atoms with van der Waals surface area (Å²) in [5.41, 5.74) is 1.14. The molecule has 1 unspecified atom stereocenters. The highest BCUT2D eigenvalue weighted by Crippen LogP contribution is 2.38. The molecule has 0 aliphatic carbocycles. The number of fused-ring (bicyclic) bond motifs is 1. The quantitative estimate of drug-likeness (QED) is 0.336. The molecule has 2 N–H and O–H groups in total. The minimum atomic E-state index is -0.252. The zero-order valence-corrected chi connectivity index (χ0v) is 23.4. The molecule has 3 aromatic rings. The second-order valence-electron chi connectivity index (χ2n) is 9.89. The molecule has 5 rings (SSSR count). The minimum Gasteiger partial charge on any atom is -0.497 e. The normalized spacial score (nSPS) is 17.1. The van der Waals surface area contributed by atoms with Gasteiger partial charge >= 0.3 is 0 Å². The van der Waals surface area contributed by atoms with Gasteiger partial charge in [-0.25, -0.2) is 4.98 Å². The predicted molar refractivity (Wildman–Crippen MR) is 153 cm³/mol. The van der Waals surface area contributed by atoms with Crippen molar-refractivity contribution in [1.82, 2.24) is 24.8 Å². The van der Waals surface area contributed by atoms with E-state index in [1.807, 2.05) is 0 Å². The van der Waals surface area contributed by atoms with Crippen LogP contribution in [-0.2, 0) is 16.1 Å². The topological polar surface area (TPSA) is 120 Å². The van der Waals surface area contributed by atoms with E-state index >= 15 is 0 Å². The summed E-state index contributed by atoms with van der Waals surface area (Å²) in [5.74, 6) is 1.68. The molecular weight excluding hydrogens is 536 g/mol. The lowest BCUT2D eigenvalue weighted by atomic mass is 10.0. The SMILES string of the molecule is C=CC(=O)N1CC(NCCn2c(=O)c(-c3cc(OC)cc(OC)c3Cl)cc3cnc(NCC4CCOC4)nc32)C1. The van der Waals surface area contributed by atoms with Gasteiger partial charge in [0.1, 0.15) is 17.1 Å². The Bertz CT molecular complexity index is 1470. The number of rotatable bonds is 11. The van der Waals surface area contributed by atoms with Crippen LogP contribution in [0.1, 0.15) is 6.42 Å². The van der Waals surface area contributed by atoms with Crippen LogP contribution in [0.15, 0.2) is 41.8 Å². The van der Waals surface area contributed by atoms with Crippen molar-refractivity contribution < 1.29 is 19.0 Å². The van der Waals surface area contributed by atoms with Gasteiger partial charge in [-0.05, 0) is 24.6 Å². The maximum absolute atomic E-state index is 14.0. The first-order chi connectivity index (χ1) is 19.4. The van der Waals surface area contributed by atoms with Crippen molar-refractivity contribution in [1.29, 1.82) is 0 Å². The molecule has 0 bridgehead atoms. The van der Waals surface area contributed by atoms with E-state index in [1.54, 1.807) is 41.0 Å². The van der Waals surface area contributed by atoms with Gasteiger partial charge in [-0.15, -0.1) is 0 Å². The third kappa shape index (κ3) is 5.77. The molecule has 1 aromatic carbocycles. The molecular formula is C28H33ClN6O5. The van der Waals surface area contributed by atoms with Gasteiger partial charge in [0.15, 0.2) is 0 Å². The lowest BCUT2D eigenvalue weighted by Crippen LogP contribution is -2.59. The Morgan fingerprint density at radius 3 is 2.77 bits per heavy atom. The fourth-order valence-corrected chi connectivity index (χ4v) is 5.24. The maximum Gasteiger partial charge on any atom is 0.260 e. The van der Waals surface area contributed by atoms with Crippen LogP contribution in [0.3, 0.4) is 0 Å². The summed E-state index contributed by atoms with van der Waals surface area (Å²) in [5, 5.41) is 7.71. The van der Waals surface area contributed by atoms with E-state index in [1.165, 1.54) is 13.2 Å². The molecule has 212 valence electrons. The van der Waals surface area contributed by atoms with E-state index in [0.717, 1.165) is 13.0 Å². The molecule has 0 spiro atoms. The Labute approximate surface area is 237 Å². The minimum absolute atomic E-state index is 0.0838. The Morgan fingerprint density at radius 1 is 1.25 bits per heavy atom. The van der Waals surface area contributed by atoms with Crippen LogP contribution in [0.4, 0.5) is 5.95 Å².